The van der Waals surface area contributed by atoms with E-state index in [9.17, 15) is 14.9 Å². The highest BCUT2D eigenvalue weighted by Gasteiger charge is 2.20. The summed E-state index contributed by atoms with van der Waals surface area (Å²) in [5, 5.41) is 22.8. The number of halogens is 1. The molecule has 0 fully saturated rings. The summed E-state index contributed by atoms with van der Waals surface area (Å²) in [5.41, 5.74) is 0.906. The van der Waals surface area contributed by atoms with Crippen molar-refractivity contribution in [2.75, 3.05) is 5.32 Å². The number of aliphatic carboxylic acids is 1. The number of benzene rings is 1. The molecule has 1 aromatic carbocycles. The quantitative estimate of drug-likeness (QED) is 0.592. The van der Waals surface area contributed by atoms with Gasteiger partial charge in [0.15, 0.2) is 0 Å². The topological polar surface area (TPSA) is 92.5 Å². The van der Waals surface area contributed by atoms with Crippen LogP contribution in [0.5, 0.6) is 0 Å². The highest BCUT2D eigenvalue weighted by Crippen LogP contribution is 2.31. The van der Waals surface area contributed by atoms with Crippen LogP contribution < -0.4 is 5.32 Å². The number of rotatable bonds is 7. The third kappa shape index (κ3) is 4.09. The summed E-state index contributed by atoms with van der Waals surface area (Å²) in [7, 11) is 0. The number of carbonyl (C=O) groups is 1. The number of carboxylic acid groups (broad SMARTS) is 1. The molecule has 1 aromatic rings. The number of nitro groups is 1. The molecule has 0 bridgehead atoms. The number of nitro benzene ring substituents is 1. The second-order valence-corrected chi connectivity index (χ2v) is 4.96. The number of hydrogen-bond acceptors (Lipinski definition) is 4. The van der Waals surface area contributed by atoms with E-state index in [-0.39, 0.29) is 10.7 Å². The summed E-state index contributed by atoms with van der Waals surface area (Å²) >= 11 is 5.83. The van der Waals surface area contributed by atoms with E-state index in [1.54, 1.807) is 6.92 Å². The van der Waals surface area contributed by atoms with E-state index in [2.05, 4.69) is 5.32 Å². The summed E-state index contributed by atoms with van der Waals surface area (Å²) in [6.45, 7) is 3.65. The van der Waals surface area contributed by atoms with Crippen LogP contribution in [0.15, 0.2) is 12.1 Å². The molecule has 0 spiro atoms. The maximum Gasteiger partial charge on any atom is 0.326 e. The first-order chi connectivity index (χ1) is 9.36. The van der Waals surface area contributed by atoms with E-state index >= 15 is 0 Å². The van der Waals surface area contributed by atoms with Crippen molar-refractivity contribution in [1.29, 1.82) is 0 Å². The summed E-state index contributed by atoms with van der Waals surface area (Å²) in [4.78, 5) is 21.4. The lowest BCUT2D eigenvalue weighted by Gasteiger charge is -2.17. The summed E-state index contributed by atoms with van der Waals surface area (Å²) in [6.07, 6.45) is 2.16. The van der Waals surface area contributed by atoms with Crippen LogP contribution in [0.2, 0.25) is 5.02 Å². The van der Waals surface area contributed by atoms with E-state index in [0.29, 0.717) is 17.7 Å². The number of unbranched alkanes of at least 4 members (excludes halogenated alkanes) is 1. The first kappa shape index (κ1) is 16.2. The normalized spacial score (nSPS) is 11.9. The molecule has 2 N–H and O–H groups in total. The SMILES string of the molecule is CCCCC(Nc1cc(Cl)c([N+](=O)[O-])cc1C)C(=O)O. The van der Waals surface area contributed by atoms with Crippen LogP contribution in [-0.4, -0.2) is 22.0 Å². The Labute approximate surface area is 121 Å². The second-order valence-electron chi connectivity index (χ2n) is 4.55. The van der Waals surface area contributed by atoms with Crippen molar-refractivity contribution in [3.8, 4) is 0 Å². The van der Waals surface area contributed by atoms with Crippen LogP contribution in [0.25, 0.3) is 0 Å². The Hall–Kier alpha value is -1.82. The molecule has 0 aliphatic rings. The molecule has 0 aliphatic carbocycles. The van der Waals surface area contributed by atoms with E-state index in [4.69, 9.17) is 16.7 Å². The molecule has 0 aliphatic heterocycles. The van der Waals surface area contributed by atoms with E-state index in [0.717, 1.165) is 12.8 Å². The van der Waals surface area contributed by atoms with Gasteiger partial charge in [-0.15, -0.1) is 0 Å². The zero-order valence-corrected chi connectivity index (χ0v) is 12.1. The van der Waals surface area contributed by atoms with Gasteiger partial charge in [0.1, 0.15) is 11.1 Å². The van der Waals surface area contributed by atoms with Crippen molar-refractivity contribution < 1.29 is 14.8 Å². The van der Waals surface area contributed by atoms with Crippen LogP contribution in [0, 0.1) is 17.0 Å². The molecule has 1 unspecified atom stereocenters. The number of anilines is 1. The van der Waals surface area contributed by atoms with Gasteiger partial charge in [0.2, 0.25) is 0 Å². The highest BCUT2D eigenvalue weighted by atomic mass is 35.5. The lowest BCUT2D eigenvalue weighted by molar-refractivity contribution is -0.384. The molecule has 110 valence electrons. The Morgan fingerprint density at radius 3 is 2.70 bits per heavy atom. The second kappa shape index (κ2) is 7.09. The van der Waals surface area contributed by atoms with Gasteiger partial charge in [-0.1, -0.05) is 31.4 Å². The monoisotopic (exact) mass is 300 g/mol. The maximum atomic E-state index is 11.2. The number of nitrogens with zero attached hydrogens (tertiary/aromatic N) is 1. The predicted molar refractivity (Wildman–Crippen MR) is 77.4 cm³/mol. The number of hydrogen-bond donors (Lipinski definition) is 2. The van der Waals surface area contributed by atoms with Crippen molar-refractivity contribution in [3.63, 3.8) is 0 Å². The van der Waals surface area contributed by atoms with E-state index < -0.39 is 16.9 Å². The Kier molecular flexibility index (Phi) is 5.76. The molecule has 0 amide bonds. The minimum atomic E-state index is -0.952. The van der Waals surface area contributed by atoms with Crippen LogP contribution >= 0.6 is 11.6 Å². The molecule has 0 saturated heterocycles. The fraction of sp³-hybridized carbons (Fsp3) is 0.462. The Morgan fingerprint density at radius 1 is 1.55 bits per heavy atom. The van der Waals surface area contributed by atoms with Crippen molar-refractivity contribution in [2.24, 2.45) is 0 Å². The third-order valence-corrected chi connectivity index (χ3v) is 3.27. The van der Waals surface area contributed by atoms with E-state index in [1.165, 1.54) is 12.1 Å². The minimum absolute atomic E-state index is 0.0114. The minimum Gasteiger partial charge on any atom is -0.480 e. The Morgan fingerprint density at radius 2 is 2.20 bits per heavy atom. The molecular formula is C13H17ClN2O4. The van der Waals surface area contributed by atoms with Crippen molar-refractivity contribution in [3.05, 3.63) is 32.8 Å². The zero-order valence-electron chi connectivity index (χ0n) is 11.4. The largest absolute Gasteiger partial charge is 0.480 e. The van der Waals surface area contributed by atoms with Gasteiger partial charge in [0.05, 0.1) is 4.92 Å². The van der Waals surface area contributed by atoms with Crippen LogP contribution in [0.3, 0.4) is 0 Å². The van der Waals surface area contributed by atoms with Gasteiger partial charge < -0.3 is 10.4 Å². The number of aryl methyl sites for hydroxylation is 1. The third-order valence-electron chi connectivity index (χ3n) is 2.96. The molecule has 0 heterocycles. The van der Waals surface area contributed by atoms with Gasteiger partial charge in [-0.05, 0) is 25.0 Å². The number of carboxylic acids is 1. The molecular weight excluding hydrogens is 284 g/mol. The first-order valence-electron chi connectivity index (χ1n) is 6.30. The van der Waals surface area contributed by atoms with Crippen LogP contribution in [0.1, 0.15) is 31.7 Å². The first-order valence-corrected chi connectivity index (χ1v) is 6.68. The van der Waals surface area contributed by atoms with Gasteiger partial charge >= 0.3 is 5.97 Å². The molecule has 20 heavy (non-hydrogen) atoms. The molecule has 1 rings (SSSR count). The average molecular weight is 301 g/mol. The van der Waals surface area contributed by atoms with E-state index in [1.807, 2.05) is 6.92 Å². The molecule has 6 nitrogen and oxygen atoms in total. The standard InChI is InChI=1S/C13H17ClN2O4/c1-3-4-5-10(13(17)18)15-11-7-9(14)12(16(19)20)6-8(11)2/h6-7,10,15H,3-5H2,1-2H3,(H,17,18). The van der Waals surface area contributed by atoms with Gasteiger partial charge in [-0.2, -0.15) is 0 Å². The van der Waals surface area contributed by atoms with Gasteiger partial charge in [0.25, 0.3) is 5.69 Å². The van der Waals surface area contributed by atoms with Crippen LogP contribution in [0.4, 0.5) is 11.4 Å². The van der Waals surface area contributed by atoms with Crippen molar-refractivity contribution in [1.82, 2.24) is 0 Å². The van der Waals surface area contributed by atoms with Gasteiger partial charge in [-0.3, -0.25) is 10.1 Å². The Balaban J connectivity index is 2.98. The Bertz CT molecular complexity index is 519. The van der Waals surface area contributed by atoms with Gasteiger partial charge in [0, 0.05) is 11.8 Å². The average Bonchev–Trinajstić information content (AvgIpc) is 2.37. The van der Waals surface area contributed by atoms with Gasteiger partial charge in [-0.25, -0.2) is 4.79 Å². The van der Waals surface area contributed by atoms with Crippen molar-refractivity contribution >= 4 is 28.9 Å². The lowest BCUT2D eigenvalue weighted by atomic mass is 10.1. The fourth-order valence-corrected chi connectivity index (χ4v) is 2.05. The molecule has 0 saturated carbocycles. The smallest absolute Gasteiger partial charge is 0.326 e. The molecule has 1 atom stereocenters. The fourth-order valence-electron chi connectivity index (χ4n) is 1.82. The predicted octanol–water partition coefficient (Wildman–Crippen LogP) is 3.61. The zero-order chi connectivity index (χ0) is 15.3. The molecule has 0 aromatic heterocycles. The number of nitrogens with one attached hydrogen (secondary N) is 1. The maximum absolute atomic E-state index is 11.2. The van der Waals surface area contributed by atoms with Crippen LogP contribution in [-0.2, 0) is 4.79 Å². The summed E-state index contributed by atoms with van der Waals surface area (Å²) in [5.74, 6) is -0.952. The molecule has 7 heteroatoms. The lowest BCUT2D eigenvalue weighted by Crippen LogP contribution is -2.29. The molecule has 0 radical (unpaired) electrons. The van der Waals surface area contributed by atoms with Crippen molar-refractivity contribution in [2.45, 2.75) is 39.2 Å². The summed E-state index contributed by atoms with van der Waals surface area (Å²) < 4.78 is 0. The highest BCUT2D eigenvalue weighted by molar-refractivity contribution is 6.33. The summed E-state index contributed by atoms with van der Waals surface area (Å²) in [6, 6.07) is 2.01.